The number of halogens is 1. The fourth-order valence-electron chi connectivity index (χ4n) is 2.76. The second-order valence-electron chi connectivity index (χ2n) is 5.37. The van der Waals surface area contributed by atoms with Crippen LogP contribution in [0.2, 0.25) is 0 Å². The smallest absolute Gasteiger partial charge is 0.105 e. The molecule has 1 N–H and O–H groups in total. The van der Waals surface area contributed by atoms with Gasteiger partial charge in [0.15, 0.2) is 0 Å². The van der Waals surface area contributed by atoms with Gasteiger partial charge in [0.25, 0.3) is 0 Å². The third-order valence-corrected chi connectivity index (χ3v) is 4.83. The lowest BCUT2D eigenvalue weighted by molar-refractivity contribution is 0.221. The minimum atomic E-state index is -0.608. The van der Waals surface area contributed by atoms with Gasteiger partial charge in [-0.3, -0.25) is 0 Å². The Morgan fingerprint density at radius 2 is 1.52 bits per heavy atom. The van der Waals surface area contributed by atoms with E-state index in [1.807, 2.05) is 36.4 Å². The molecule has 0 radical (unpaired) electrons. The van der Waals surface area contributed by atoms with E-state index in [4.69, 9.17) is 0 Å². The molecule has 0 aliphatic heterocycles. The first-order valence-corrected chi connectivity index (χ1v) is 7.80. The van der Waals surface area contributed by atoms with Gasteiger partial charge in [0.1, 0.15) is 6.10 Å². The zero-order valence-electron chi connectivity index (χ0n) is 12.1. The number of hydrogen-bond acceptors (Lipinski definition) is 1. The van der Waals surface area contributed by atoms with Crippen molar-refractivity contribution in [3.8, 4) is 0 Å². The Labute approximate surface area is 133 Å². The summed E-state index contributed by atoms with van der Waals surface area (Å²) in [6.45, 7) is 4.14. The van der Waals surface area contributed by atoms with Gasteiger partial charge in [-0.25, -0.2) is 0 Å². The lowest BCUT2D eigenvalue weighted by atomic mass is 9.92. The van der Waals surface area contributed by atoms with Crippen LogP contribution in [0.15, 0.2) is 59.1 Å². The highest BCUT2D eigenvalue weighted by Crippen LogP contribution is 2.34. The molecule has 0 aliphatic rings. The zero-order chi connectivity index (χ0) is 15.0. The van der Waals surface area contributed by atoms with Gasteiger partial charge in [-0.1, -0.05) is 64.5 Å². The van der Waals surface area contributed by atoms with Crippen LogP contribution in [0.5, 0.6) is 0 Å². The first-order chi connectivity index (χ1) is 10.1. The fourth-order valence-corrected chi connectivity index (χ4v) is 3.24. The third kappa shape index (κ3) is 2.50. The average molecular weight is 341 g/mol. The highest BCUT2D eigenvalue weighted by Gasteiger charge is 2.16. The number of aliphatic hydroxyl groups is 1. The topological polar surface area (TPSA) is 20.2 Å². The molecule has 21 heavy (non-hydrogen) atoms. The van der Waals surface area contributed by atoms with E-state index >= 15 is 0 Å². The van der Waals surface area contributed by atoms with Crippen molar-refractivity contribution in [3.05, 3.63) is 81.3 Å². The molecule has 0 fully saturated rings. The summed E-state index contributed by atoms with van der Waals surface area (Å²) >= 11 is 3.58. The second kappa shape index (κ2) is 5.63. The number of aryl methyl sites for hydroxylation is 1. The molecule has 1 atom stereocenters. The Balaban J connectivity index is 2.21. The van der Waals surface area contributed by atoms with Crippen molar-refractivity contribution in [3.63, 3.8) is 0 Å². The largest absolute Gasteiger partial charge is 0.384 e. The van der Waals surface area contributed by atoms with E-state index in [1.165, 1.54) is 5.56 Å². The zero-order valence-corrected chi connectivity index (χ0v) is 13.7. The predicted octanol–water partition coefficient (Wildman–Crippen LogP) is 5.30. The molecular weight excluding hydrogens is 324 g/mol. The molecule has 3 rings (SSSR count). The Morgan fingerprint density at radius 1 is 0.810 bits per heavy atom. The summed E-state index contributed by atoms with van der Waals surface area (Å²) in [5.74, 6) is 0. The van der Waals surface area contributed by atoms with Gasteiger partial charge in [-0.15, -0.1) is 0 Å². The van der Waals surface area contributed by atoms with Crippen LogP contribution in [0.3, 0.4) is 0 Å². The van der Waals surface area contributed by atoms with E-state index in [-0.39, 0.29) is 0 Å². The monoisotopic (exact) mass is 340 g/mol. The van der Waals surface area contributed by atoms with Crippen molar-refractivity contribution in [2.24, 2.45) is 0 Å². The first kappa shape index (κ1) is 14.3. The number of aliphatic hydroxyl groups excluding tert-OH is 1. The highest BCUT2D eigenvalue weighted by molar-refractivity contribution is 9.10. The Kier molecular flexibility index (Phi) is 3.83. The lowest BCUT2D eigenvalue weighted by Gasteiger charge is -2.18. The lowest BCUT2D eigenvalue weighted by Crippen LogP contribution is -2.04. The molecule has 3 aromatic carbocycles. The van der Waals surface area contributed by atoms with Crippen LogP contribution in [0, 0.1) is 13.8 Å². The molecule has 2 heteroatoms. The number of benzene rings is 3. The van der Waals surface area contributed by atoms with Crippen LogP contribution in [-0.2, 0) is 0 Å². The predicted molar refractivity (Wildman–Crippen MR) is 91.6 cm³/mol. The van der Waals surface area contributed by atoms with E-state index in [2.05, 4.69) is 48.0 Å². The van der Waals surface area contributed by atoms with Crippen molar-refractivity contribution in [2.45, 2.75) is 20.0 Å². The minimum Gasteiger partial charge on any atom is -0.384 e. The molecule has 0 spiro atoms. The van der Waals surface area contributed by atoms with E-state index in [0.29, 0.717) is 0 Å². The number of rotatable bonds is 2. The van der Waals surface area contributed by atoms with E-state index < -0.39 is 6.10 Å². The summed E-state index contributed by atoms with van der Waals surface area (Å²) in [6.07, 6.45) is -0.608. The van der Waals surface area contributed by atoms with Crippen LogP contribution in [0.25, 0.3) is 10.8 Å². The van der Waals surface area contributed by atoms with E-state index in [1.54, 1.807) is 0 Å². The molecule has 1 unspecified atom stereocenters. The Bertz CT molecular complexity index is 808. The Hall–Kier alpha value is -1.64. The molecule has 0 saturated heterocycles. The van der Waals surface area contributed by atoms with Crippen LogP contribution in [-0.4, -0.2) is 5.11 Å². The highest BCUT2D eigenvalue weighted by atomic mass is 79.9. The van der Waals surface area contributed by atoms with E-state index in [9.17, 15) is 5.11 Å². The molecular formula is C19H17BrO. The summed E-state index contributed by atoms with van der Waals surface area (Å²) < 4.78 is 1.05. The van der Waals surface area contributed by atoms with E-state index in [0.717, 1.165) is 31.9 Å². The quantitative estimate of drug-likeness (QED) is 0.670. The van der Waals surface area contributed by atoms with Gasteiger partial charge >= 0.3 is 0 Å². The molecule has 106 valence electrons. The summed E-state index contributed by atoms with van der Waals surface area (Å²) in [7, 11) is 0. The average Bonchev–Trinajstić information content (AvgIpc) is 2.50. The molecule has 0 bridgehead atoms. The molecule has 3 aromatic rings. The third-order valence-electron chi connectivity index (χ3n) is 4.14. The maximum atomic E-state index is 10.9. The number of hydrogen-bond donors (Lipinski definition) is 1. The molecule has 1 nitrogen and oxygen atoms in total. The molecule has 0 amide bonds. The van der Waals surface area contributed by atoms with Crippen molar-refractivity contribution in [1.29, 1.82) is 0 Å². The van der Waals surface area contributed by atoms with Gasteiger partial charge < -0.3 is 5.11 Å². The minimum absolute atomic E-state index is 0.608. The molecule has 0 aromatic heterocycles. The maximum Gasteiger partial charge on any atom is 0.105 e. The van der Waals surface area contributed by atoms with Gasteiger partial charge in [0, 0.05) is 4.47 Å². The summed E-state index contributed by atoms with van der Waals surface area (Å²) in [4.78, 5) is 0. The summed E-state index contributed by atoms with van der Waals surface area (Å²) in [5.41, 5.74) is 4.27. The standard InChI is InChI=1S/C19H17BrO/c1-12-6-5-9-14(13(12)2)19(21)17-10-11-18(20)16-8-4-3-7-15(16)17/h3-11,19,21H,1-2H3. The molecule has 0 saturated carbocycles. The van der Waals surface area contributed by atoms with Gasteiger partial charge in [-0.2, -0.15) is 0 Å². The Morgan fingerprint density at radius 3 is 2.29 bits per heavy atom. The van der Waals surface area contributed by atoms with Crippen LogP contribution in [0.1, 0.15) is 28.4 Å². The summed E-state index contributed by atoms with van der Waals surface area (Å²) in [6, 6.07) is 18.2. The van der Waals surface area contributed by atoms with Crippen LogP contribution < -0.4 is 0 Å². The van der Waals surface area contributed by atoms with Crippen molar-refractivity contribution in [2.75, 3.05) is 0 Å². The second-order valence-corrected chi connectivity index (χ2v) is 6.23. The summed E-state index contributed by atoms with van der Waals surface area (Å²) in [5, 5.41) is 13.1. The van der Waals surface area contributed by atoms with Crippen LogP contribution in [0.4, 0.5) is 0 Å². The normalized spacial score (nSPS) is 12.6. The van der Waals surface area contributed by atoms with Gasteiger partial charge in [0.05, 0.1) is 0 Å². The van der Waals surface area contributed by atoms with Crippen molar-refractivity contribution < 1.29 is 5.11 Å². The number of fused-ring (bicyclic) bond motifs is 1. The fraction of sp³-hybridized carbons (Fsp3) is 0.158. The molecule has 0 aliphatic carbocycles. The maximum absolute atomic E-state index is 10.9. The van der Waals surface area contributed by atoms with Crippen molar-refractivity contribution >= 4 is 26.7 Å². The SMILES string of the molecule is Cc1cccc(C(O)c2ccc(Br)c3ccccc23)c1C. The first-order valence-electron chi connectivity index (χ1n) is 7.01. The van der Waals surface area contributed by atoms with Gasteiger partial charge in [0.2, 0.25) is 0 Å². The molecule has 0 heterocycles. The van der Waals surface area contributed by atoms with Crippen LogP contribution >= 0.6 is 15.9 Å². The van der Waals surface area contributed by atoms with Gasteiger partial charge in [-0.05, 0) is 52.9 Å². The van der Waals surface area contributed by atoms with Crippen molar-refractivity contribution in [1.82, 2.24) is 0 Å².